The van der Waals surface area contributed by atoms with Gasteiger partial charge in [-0.2, -0.15) is 0 Å². The zero-order chi connectivity index (χ0) is 18.2. The van der Waals surface area contributed by atoms with E-state index in [2.05, 4.69) is 15.6 Å². The summed E-state index contributed by atoms with van der Waals surface area (Å²) in [5.74, 6) is 0.332. The number of amides is 2. The third kappa shape index (κ3) is 4.95. The fourth-order valence-electron chi connectivity index (χ4n) is 2.70. The maximum atomic E-state index is 12.6. The van der Waals surface area contributed by atoms with Crippen LogP contribution in [-0.2, 0) is 4.79 Å². The van der Waals surface area contributed by atoms with E-state index in [-0.39, 0.29) is 11.8 Å². The number of carbonyl (C=O) groups is 2. The van der Waals surface area contributed by atoms with Gasteiger partial charge in [0.2, 0.25) is 5.91 Å². The second-order valence-electron chi connectivity index (χ2n) is 5.94. The molecule has 1 aromatic heterocycles. The molecule has 2 amide bonds. The average Bonchev–Trinajstić information content (AvgIpc) is 2.68. The van der Waals surface area contributed by atoms with E-state index in [1.165, 1.54) is 11.8 Å². The van der Waals surface area contributed by atoms with Gasteiger partial charge >= 0.3 is 0 Å². The summed E-state index contributed by atoms with van der Waals surface area (Å²) in [6.45, 7) is 0.674. The van der Waals surface area contributed by atoms with Crippen LogP contribution < -0.4 is 10.6 Å². The Morgan fingerprint density at radius 1 is 1.27 bits per heavy atom. The van der Waals surface area contributed by atoms with Crippen LogP contribution in [0.3, 0.4) is 0 Å². The highest BCUT2D eigenvalue weighted by Crippen LogP contribution is 2.21. The number of benzene rings is 1. The van der Waals surface area contributed by atoms with Crippen LogP contribution in [0.1, 0.15) is 28.8 Å². The number of thioether (sulfide) groups is 1. The molecule has 1 saturated heterocycles. The SMILES string of the molecule is O=C(N[C@@H]1CCCNC1=O)c1cccnc1SC/C=C/c1ccccc1. The number of aromatic nitrogens is 1. The summed E-state index contributed by atoms with van der Waals surface area (Å²) in [6, 6.07) is 13.1. The summed E-state index contributed by atoms with van der Waals surface area (Å²) in [5, 5.41) is 6.26. The lowest BCUT2D eigenvalue weighted by Crippen LogP contribution is -2.50. The van der Waals surface area contributed by atoms with Crippen LogP contribution in [0.5, 0.6) is 0 Å². The van der Waals surface area contributed by atoms with Crippen molar-refractivity contribution in [2.24, 2.45) is 0 Å². The van der Waals surface area contributed by atoms with Crippen LogP contribution in [0.2, 0.25) is 0 Å². The molecular formula is C20H21N3O2S. The van der Waals surface area contributed by atoms with Crippen LogP contribution in [0, 0.1) is 0 Å². The fourth-order valence-corrected chi connectivity index (χ4v) is 3.50. The number of carbonyl (C=O) groups excluding carboxylic acids is 2. The highest BCUT2D eigenvalue weighted by molar-refractivity contribution is 7.99. The van der Waals surface area contributed by atoms with Crippen molar-refractivity contribution >= 4 is 29.7 Å². The first-order chi connectivity index (χ1) is 12.7. The molecule has 1 fully saturated rings. The quantitative estimate of drug-likeness (QED) is 0.770. The standard InChI is InChI=1S/C20H21N3O2S/c24-18(23-17-11-5-12-21-19(17)25)16-10-4-13-22-20(16)26-14-6-9-15-7-2-1-3-8-15/h1-4,6-10,13,17H,5,11-12,14H2,(H,21,25)(H,23,24)/b9-6+/t17-/m1/s1. The molecule has 1 aromatic carbocycles. The van der Waals surface area contributed by atoms with Gasteiger partial charge in [0.25, 0.3) is 5.91 Å². The molecule has 26 heavy (non-hydrogen) atoms. The Bertz CT molecular complexity index is 793. The molecule has 5 nitrogen and oxygen atoms in total. The highest BCUT2D eigenvalue weighted by Gasteiger charge is 2.25. The molecular weight excluding hydrogens is 346 g/mol. The largest absolute Gasteiger partial charge is 0.354 e. The Hall–Kier alpha value is -2.60. The molecule has 2 aromatic rings. The first kappa shape index (κ1) is 18.2. The zero-order valence-corrected chi connectivity index (χ0v) is 15.2. The summed E-state index contributed by atoms with van der Waals surface area (Å²) in [7, 11) is 0. The fraction of sp³-hybridized carbons (Fsp3) is 0.250. The van der Waals surface area contributed by atoms with Gasteiger partial charge in [-0.1, -0.05) is 42.5 Å². The minimum absolute atomic E-state index is 0.117. The molecule has 0 spiro atoms. The first-order valence-corrected chi connectivity index (χ1v) is 9.60. The molecule has 3 rings (SSSR count). The van der Waals surface area contributed by atoms with Gasteiger partial charge in [0.05, 0.1) is 5.56 Å². The van der Waals surface area contributed by atoms with Gasteiger partial charge in [-0.05, 0) is 30.5 Å². The number of nitrogens with zero attached hydrogens (tertiary/aromatic N) is 1. The lowest BCUT2D eigenvalue weighted by molar-refractivity contribution is -0.124. The molecule has 0 unspecified atom stereocenters. The van der Waals surface area contributed by atoms with E-state index in [4.69, 9.17) is 0 Å². The van der Waals surface area contributed by atoms with Crippen LogP contribution in [-0.4, -0.2) is 35.1 Å². The van der Waals surface area contributed by atoms with E-state index < -0.39 is 6.04 Å². The van der Waals surface area contributed by atoms with Crippen molar-refractivity contribution in [1.82, 2.24) is 15.6 Å². The lowest BCUT2D eigenvalue weighted by Gasteiger charge is -2.23. The maximum absolute atomic E-state index is 12.6. The summed E-state index contributed by atoms with van der Waals surface area (Å²) < 4.78 is 0. The predicted octanol–water partition coefficient (Wildman–Crippen LogP) is 2.90. The minimum Gasteiger partial charge on any atom is -0.354 e. The molecule has 0 bridgehead atoms. The van der Waals surface area contributed by atoms with Crippen molar-refractivity contribution in [3.8, 4) is 0 Å². The monoisotopic (exact) mass is 367 g/mol. The Balaban J connectivity index is 1.61. The van der Waals surface area contributed by atoms with Gasteiger partial charge in [-0.15, -0.1) is 11.8 Å². The van der Waals surface area contributed by atoms with Crippen molar-refractivity contribution < 1.29 is 9.59 Å². The summed E-state index contributed by atoms with van der Waals surface area (Å²) in [6.07, 6.45) is 7.30. The summed E-state index contributed by atoms with van der Waals surface area (Å²) in [4.78, 5) is 28.7. The van der Waals surface area contributed by atoms with Gasteiger partial charge in [-0.3, -0.25) is 9.59 Å². The van der Waals surface area contributed by atoms with Crippen LogP contribution in [0.15, 0.2) is 59.8 Å². The maximum Gasteiger partial charge on any atom is 0.254 e. The van der Waals surface area contributed by atoms with Gasteiger partial charge < -0.3 is 10.6 Å². The first-order valence-electron chi connectivity index (χ1n) is 8.62. The summed E-state index contributed by atoms with van der Waals surface area (Å²) in [5.41, 5.74) is 1.64. The topological polar surface area (TPSA) is 71.1 Å². The number of hydrogen-bond donors (Lipinski definition) is 2. The van der Waals surface area contributed by atoms with Gasteiger partial charge in [0.1, 0.15) is 11.1 Å². The van der Waals surface area contributed by atoms with Gasteiger partial charge in [0, 0.05) is 18.5 Å². The normalized spacial score (nSPS) is 17.1. The molecule has 2 N–H and O–H groups in total. The molecule has 1 aliphatic heterocycles. The van der Waals surface area contributed by atoms with Crippen LogP contribution >= 0.6 is 11.8 Å². The minimum atomic E-state index is -0.465. The third-order valence-electron chi connectivity index (χ3n) is 4.03. The molecule has 0 aliphatic carbocycles. The zero-order valence-electron chi connectivity index (χ0n) is 14.4. The number of hydrogen-bond acceptors (Lipinski definition) is 4. The average molecular weight is 367 g/mol. The molecule has 1 aliphatic rings. The van der Waals surface area contributed by atoms with E-state index in [0.717, 1.165) is 12.0 Å². The second kappa shape index (κ2) is 9.20. The number of nitrogens with one attached hydrogen (secondary N) is 2. The van der Waals surface area contributed by atoms with E-state index in [9.17, 15) is 9.59 Å². The number of piperidine rings is 1. The predicted molar refractivity (Wildman–Crippen MR) is 104 cm³/mol. The van der Waals surface area contributed by atoms with E-state index in [1.54, 1.807) is 18.3 Å². The number of rotatable bonds is 6. The third-order valence-corrected chi connectivity index (χ3v) is 4.99. The smallest absolute Gasteiger partial charge is 0.254 e. The van der Waals surface area contributed by atoms with Gasteiger partial charge in [0.15, 0.2) is 0 Å². The molecule has 134 valence electrons. The Labute approximate surface area is 157 Å². The van der Waals surface area contributed by atoms with Crippen molar-refractivity contribution in [2.75, 3.05) is 12.3 Å². The van der Waals surface area contributed by atoms with Crippen molar-refractivity contribution in [2.45, 2.75) is 23.9 Å². The van der Waals surface area contributed by atoms with E-state index >= 15 is 0 Å². The second-order valence-corrected chi connectivity index (χ2v) is 6.95. The molecule has 6 heteroatoms. The Morgan fingerprint density at radius 3 is 2.92 bits per heavy atom. The molecule has 1 atom stereocenters. The number of pyridine rings is 1. The molecule has 2 heterocycles. The van der Waals surface area contributed by atoms with Crippen LogP contribution in [0.25, 0.3) is 6.08 Å². The molecule has 0 saturated carbocycles. The van der Waals surface area contributed by atoms with Gasteiger partial charge in [-0.25, -0.2) is 4.98 Å². The Morgan fingerprint density at radius 2 is 2.12 bits per heavy atom. The van der Waals surface area contributed by atoms with Crippen molar-refractivity contribution in [1.29, 1.82) is 0 Å². The van der Waals surface area contributed by atoms with Crippen molar-refractivity contribution in [3.05, 3.63) is 65.9 Å². The summed E-state index contributed by atoms with van der Waals surface area (Å²) >= 11 is 1.50. The lowest BCUT2D eigenvalue weighted by atomic mass is 10.1. The Kier molecular flexibility index (Phi) is 6.44. The van der Waals surface area contributed by atoms with E-state index in [0.29, 0.717) is 29.3 Å². The van der Waals surface area contributed by atoms with Crippen molar-refractivity contribution in [3.63, 3.8) is 0 Å². The molecule has 0 radical (unpaired) electrons. The van der Waals surface area contributed by atoms with E-state index in [1.807, 2.05) is 42.5 Å². The van der Waals surface area contributed by atoms with Crippen LogP contribution in [0.4, 0.5) is 0 Å². The highest BCUT2D eigenvalue weighted by atomic mass is 32.2.